The van der Waals surface area contributed by atoms with Crippen LogP contribution in [0.15, 0.2) is 36.7 Å². The Bertz CT molecular complexity index is 902. The van der Waals surface area contributed by atoms with Gasteiger partial charge in [-0.05, 0) is 5.56 Å². The van der Waals surface area contributed by atoms with Crippen LogP contribution >= 0.6 is 12.4 Å². The van der Waals surface area contributed by atoms with E-state index in [1.807, 2.05) is 0 Å². The quantitative estimate of drug-likeness (QED) is 0.312. The molecule has 0 unspecified atom stereocenters. The van der Waals surface area contributed by atoms with Crippen LogP contribution in [0.2, 0.25) is 0 Å². The first kappa shape index (κ1) is 24.5. The Kier molecular flexibility index (Phi) is 9.37. The van der Waals surface area contributed by atoms with Crippen molar-refractivity contribution in [2.24, 2.45) is 5.73 Å². The van der Waals surface area contributed by atoms with Crippen molar-refractivity contribution in [2.75, 3.05) is 26.7 Å². The van der Waals surface area contributed by atoms with Gasteiger partial charge in [-0.2, -0.15) is 0 Å². The number of hydrogen-bond donors (Lipinski definition) is 3. The fourth-order valence-corrected chi connectivity index (χ4v) is 2.39. The summed E-state index contributed by atoms with van der Waals surface area (Å²) >= 11 is 0. The zero-order chi connectivity index (χ0) is 21.4. The maximum Gasteiger partial charge on any atom is 0.325 e. The SMILES string of the molecule is COC(=O)CN(CCNC(=O)c1ncc(-c2ccc(C(=N)N)cc2)cn1)C(C)=O.Cl. The van der Waals surface area contributed by atoms with Crippen molar-refractivity contribution in [1.82, 2.24) is 20.2 Å². The predicted molar refractivity (Wildman–Crippen MR) is 112 cm³/mol. The van der Waals surface area contributed by atoms with Crippen molar-refractivity contribution >= 4 is 36.0 Å². The summed E-state index contributed by atoms with van der Waals surface area (Å²) in [5.74, 6) is -1.38. The zero-order valence-corrected chi connectivity index (χ0v) is 17.4. The van der Waals surface area contributed by atoms with E-state index in [-0.39, 0.29) is 49.6 Å². The van der Waals surface area contributed by atoms with E-state index >= 15 is 0 Å². The average Bonchev–Trinajstić information content (AvgIpc) is 2.72. The van der Waals surface area contributed by atoms with Gasteiger partial charge in [-0.25, -0.2) is 9.97 Å². The molecule has 2 rings (SSSR count). The molecule has 1 aromatic carbocycles. The lowest BCUT2D eigenvalue weighted by atomic mass is 10.1. The van der Waals surface area contributed by atoms with Gasteiger partial charge in [0.05, 0.1) is 7.11 Å². The number of nitrogens with two attached hydrogens (primary N) is 1. The number of ether oxygens (including phenoxy) is 1. The van der Waals surface area contributed by atoms with Gasteiger partial charge >= 0.3 is 5.97 Å². The molecule has 0 bridgehead atoms. The topological polar surface area (TPSA) is 151 Å². The number of nitrogens with zero attached hydrogens (tertiary/aromatic N) is 3. The van der Waals surface area contributed by atoms with E-state index in [0.717, 1.165) is 5.56 Å². The minimum atomic E-state index is -0.540. The number of amidine groups is 1. The predicted octanol–water partition coefficient (Wildman–Crippen LogP) is 0.601. The fourth-order valence-electron chi connectivity index (χ4n) is 2.39. The highest BCUT2D eigenvalue weighted by Crippen LogP contribution is 2.18. The van der Waals surface area contributed by atoms with Gasteiger partial charge in [0.1, 0.15) is 12.4 Å². The van der Waals surface area contributed by atoms with Gasteiger partial charge in [0.25, 0.3) is 5.91 Å². The summed E-state index contributed by atoms with van der Waals surface area (Å²) in [5.41, 5.74) is 7.57. The number of hydrogen-bond acceptors (Lipinski definition) is 7. The highest BCUT2D eigenvalue weighted by molar-refractivity contribution is 5.95. The highest BCUT2D eigenvalue weighted by Gasteiger charge is 2.15. The summed E-state index contributed by atoms with van der Waals surface area (Å²) in [5, 5.41) is 10.0. The molecular weight excluding hydrogens is 412 g/mol. The highest BCUT2D eigenvalue weighted by atomic mass is 35.5. The van der Waals surface area contributed by atoms with Crippen molar-refractivity contribution in [3.63, 3.8) is 0 Å². The third-order valence-corrected chi connectivity index (χ3v) is 4.04. The number of esters is 1. The molecule has 160 valence electrons. The molecule has 0 atom stereocenters. The van der Waals surface area contributed by atoms with Crippen LogP contribution in [0.1, 0.15) is 23.1 Å². The molecule has 0 saturated carbocycles. The molecule has 11 heteroatoms. The van der Waals surface area contributed by atoms with Gasteiger partial charge in [-0.3, -0.25) is 19.8 Å². The number of amides is 2. The Hall–Kier alpha value is -3.53. The number of nitrogen functional groups attached to an aromatic ring is 1. The van der Waals surface area contributed by atoms with Crippen molar-refractivity contribution in [1.29, 1.82) is 5.41 Å². The summed E-state index contributed by atoms with van der Waals surface area (Å²) in [7, 11) is 1.24. The van der Waals surface area contributed by atoms with Gasteiger partial charge in [0.2, 0.25) is 11.7 Å². The van der Waals surface area contributed by atoms with Crippen molar-refractivity contribution in [2.45, 2.75) is 6.92 Å². The van der Waals surface area contributed by atoms with Crippen molar-refractivity contribution < 1.29 is 19.1 Å². The standard InChI is InChI=1S/C19H22N6O4.ClH/c1-12(26)25(11-16(27)29-2)8-7-22-19(28)18-23-9-15(10-24-18)13-3-5-14(6-4-13)17(20)21;/h3-6,9-10H,7-8,11H2,1-2H3,(H3,20,21)(H,22,28);1H. The molecule has 0 aliphatic carbocycles. The van der Waals surface area contributed by atoms with E-state index in [9.17, 15) is 14.4 Å². The number of nitrogens with one attached hydrogen (secondary N) is 2. The minimum Gasteiger partial charge on any atom is -0.468 e. The molecule has 1 heterocycles. The number of rotatable bonds is 8. The van der Waals surface area contributed by atoms with Crippen LogP contribution in [0.25, 0.3) is 11.1 Å². The number of carbonyl (C=O) groups is 3. The summed E-state index contributed by atoms with van der Waals surface area (Å²) < 4.78 is 4.54. The molecule has 0 spiro atoms. The maximum absolute atomic E-state index is 12.2. The van der Waals surface area contributed by atoms with E-state index in [1.54, 1.807) is 24.3 Å². The van der Waals surface area contributed by atoms with Crippen LogP contribution in [0.5, 0.6) is 0 Å². The maximum atomic E-state index is 12.2. The van der Waals surface area contributed by atoms with E-state index in [0.29, 0.717) is 11.1 Å². The Morgan fingerprint density at radius 2 is 1.73 bits per heavy atom. The normalized spacial score (nSPS) is 9.80. The second kappa shape index (κ2) is 11.5. The number of methoxy groups -OCH3 is 1. The van der Waals surface area contributed by atoms with E-state index < -0.39 is 11.9 Å². The number of halogens is 1. The molecule has 2 amide bonds. The Morgan fingerprint density at radius 3 is 2.23 bits per heavy atom. The first-order valence-corrected chi connectivity index (χ1v) is 8.69. The third-order valence-electron chi connectivity index (χ3n) is 4.04. The third kappa shape index (κ3) is 6.82. The molecule has 30 heavy (non-hydrogen) atoms. The van der Waals surface area contributed by atoms with E-state index in [2.05, 4.69) is 20.0 Å². The van der Waals surface area contributed by atoms with Crippen LogP contribution < -0.4 is 11.1 Å². The number of carbonyl (C=O) groups excluding carboxylic acids is 3. The second-order valence-electron chi connectivity index (χ2n) is 6.06. The van der Waals surface area contributed by atoms with Gasteiger partial charge < -0.3 is 20.7 Å². The van der Waals surface area contributed by atoms with Crippen LogP contribution in [0.4, 0.5) is 0 Å². The van der Waals surface area contributed by atoms with Crippen LogP contribution in [-0.4, -0.2) is 65.2 Å². The van der Waals surface area contributed by atoms with Crippen molar-refractivity contribution in [3.8, 4) is 11.1 Å². The van der Waals surface area contributed by atoms with Gasteiger partial charge in [-0.1, -0.05) is 24.3 Å². The molecule has 0 radical (unpaired) electrons. The average molecular weight is 435 g/mol. The number of aromatic nitrogens is 2. The summed E-state index contributed by atoms with van der Waals surface area (Å²) in [4.78, 5) is 44.4. The smallest absolute Gasteiger partial charge is 0.325 e. The lowest BCUT2D eigenvalue weighted by Crippen LogP contribution is -2.40. The van der Waals surface area contributed by atoms with Crippen LogP contribution in [-0.2, 0) is 14.3 Å². The minimum absolute atomic E-state index is 0. The largest absolute Gasteiger partial charge is 0.468 e. The summed E-state index contributed by atoms with van der Waals surface area (Å²) in [6.45, 7) is 1.43. The summed E-state index contributed by atoms with van der Waals surface area (Å²) in [6, 6.07) is 7.00. The van der Waals surface area contributed by atoms with Crippen molar-refractivity contribution in [3.05, 3.63) is 48.0 Å². The molecule has 10 nitrogen and oxygen atoms in total. The first-order chi connectivity index (χ1) is 13.8. The van der Waals surface area contributed by atoms with Crippen LogP contribution in [0.3, 0.4) is 0 Å². The molecule has 0 aliphatic heterocycles. The van der Waals surface area contributed by atoms with E-state index in [4.69, 9.17) is 11.1 Å². The Balaban J connectivity index is 0.00000450. The lowest BCUT2D eigenvalue weighted by molar-refractivity contribution is -0.146. The van der Waals surface area contributed by atoms with E-state index in [1.165, 1.54) is 31.3 Å². The van der Waals surface area contributed by atoms with Gasteiger partial charge in [-0.15, -0.1) is 12.4 Å². The monoisotopic (exact) mass is 434 g/mol. The lowest BCUT2D eigenvalue weighted by Gasteiger charge is -2.19. The second-order valence-corrected chi connectivity index (χ2v) is 6.06. The molecular formula is C19H23ClN6O4. The molecule has 4 N–H and O–H groups in total. The van der Waals surface area contributed by atoms with Crippen LogP contribution in [0, 0.1) is 5.41 Å². The first-order valence-electron chi connectivity index (χ1n) is 8.69. The summed E-state index contributed by atoms with van der Waals surface area (Å²) in [6.07, 6.45) is 3.04. The Labute approximate surface area is 179 Å². The van der Waals surface area contributed by atoms with Gasteiger partial charge in [0.15, 0.2) is 0 Å². The number of benzene rings is 1. The van der Waals surface area contributed by atoms with Gasteiger partial charge in [0, 0.05) is 43.5 Å². The molecule has 0 fully saturated rings. The fraction of sp³-hybridized carbons (Fsp3) is 0.263. The zero-order valence-electron chi connectivity index (χ0n) is 16.5. The Morgan fingerprint density at radius 1 is 1.13 bits per heavy atom. The molecule has 1 aromatic heterocycles. The molecule has 2 aromatic rings. The molecule has 0 saturated heterocycles. The molecule has 0 aliphatic rings.